The molecule has 0 atom stereocenters. The minimum atomic E-state index is -0.0915. The molecule has 0 saturated carbocycles. The van der Waals surface area contributed by atoms with Gasteiger partial charge < -0.3 is 0 Å². The number of hydrogen-bond acceptors (Lipinski definition) is 3. The highest BCUT2D eigenvalue weighted by atomic mass is 16.2. The number of aryl methyl sites for hydroxylation is 2. The van der Waals surface area contributed by atoms with Crippen LogP contribution in [0.15, 0.2) is 48.5 Å². The van der Waals surface area contributed by atoms with Crippen molar-refractivity contribution in [2.75, 3.05) is 11.4 Å². The summed E-state index contributed by atoms with van der Waals surface area (Å²) in [4.78, 5) is 15.2. The molecular weight excluding hydrogens is 360 g/mol. The topological polar surface area (TPSA) is 61.9 Å². The third kappa shape index (κ3) is 3.31. The summed E-state index contributed by atoms with van der Waals surface area (Å²) in [6.07, 6.45) is 0.850. The van der Waals surface area contributed by atoms with Crippen LogP contribution in [-0.2, 0) is 6.54 Å². The Labute approximate surface area is 171 Å². The SMILES string of the molecule is Cc1nn2c(c1-c1ccccc1C(C)C)N(C(=O)c1cccc(C#N)c1)CCC2. The zero-order valence-corrected chi connectivity index (χ0v) is 17.0. The van der Waals surface area contributed by atoms with Gasteiger partial charge >= 0.3 is 0 Å². The first-order valence-corrected chi connectivity index (χ1v) is 10.00. The monoisotopic (exact) mass is 384 g/mol. The minimum Gasteiger partial charge on any atom is -0.292 e. The van der Waals surface area contributed by atoms with Crippen molar-refractivity contribution in [3.05, 3.63) is 70.9 Å². The quantitative estimate of drug-likeness (QED) is 0.645. The van der Waals surface area contributed by atoms with Gasteiger partial charge in [0.15, 0.2) is 0 Å². The number of carbonyl (C=O) groups excluding carboxylic acids is 1. The van der Waals surface area contributed by atoms with E-state index in [0.29, 0.717) is 23.6 Å². The molecule has 0 saturated heterocycles. The molecule has 0 aliphatic carbocycles. The molecule has 0 unspecified atom stereocenters. The summed E-state index contributed by atoms with van der Waals surface area (Å²) in [6, 6.07) is 17.4. The molecule has 5 heteroatoms. The number of hydrogen-bond donors (Lipinski definition) is 0. The van der Waals surface area contributed by atoms with Crippen molar-refractivity contribution in [3.8, 4) is 17.2 Å². The summed E-state index contributed by atoms with van der Waals surface area (Å²) in [5.74, 6) is 1.13. The number of anilines is 1. The molecule has 2 aromatic carbocycles. The summed E-state index contributed by atoms with van der Waals surface area (Å²) in [5, 5.41) is 14.0. The molecule has 1 aliphatic heterocycles. The molecule has 2 heterocycles. The summed E-state index contributed by atoms with van der Waals surface area (Å²) in [5.41, 5.74) is 5.35. The summed E-state index contributed by atoms with van der Waals surface area (Å²) in [6.45, 7) is 7.80. The first-order valence-electron chi connectivity index (χ1n) is 10.00. The highest BCUT2D eigenvalue weighted by Crippen LogP contribution is 2.40. The predicted octanol–water partition coefficient (Wildman–Crippen LogP) is 4.90. The van der Waals surface area contributed by atoms with Crippen LogP contribution < -0.4 is 4.90 Å². The predicted molar refractivity (Wildman–Crippen MR) is 114 cm³/mol. The number of benzene rings is 2. The molecule has 4 rings (SSSR count). The molecule has 1 amide bonds. The molecule has 0 spiro atoms. The van der Waals surface area contributed by atoms with E-state index in [1.54, 1.807) is 24.3 Å². The van der Waals surface area contributed by atoms with Gasteiger partial charge in [-0.3, -0.25) is 9.69 Å². The Morgan fingerprint density at radius 2 is 1.93 bits per heavy atom. The van der Waals surface area contributed by atoms with E-state index in [1.165, 1.54) is 5.56 Å². The first kappa shape index (κ1) is 18.9. The molecule has 29 heavy (non-hydrogen) atoms. The Kier molecular flexibility index (Phi) is 4.94. The number of aromatic nitrogens is 2. The smallest absolute Gasteiger partial charge is 0.259 e. The lowest BCUT2D eigenvalue weighted by molar-refractivity contribution is 0.0981. The van der Waals surface area contributed by atoms with Crippen LogP contribution >= 0.6 is 0 Å². The second-order valence-electron chi connectivity index (χ2n) is 7.75. The lowest BCUT2D eigenvalue weighted by Crippen LogP contribution is -2.38. The zero-order valence-electron chi connectivity index (χ0n) is 17.0. The lowest BCUT2D eigenvalue weighted by atomic mass is 9.92. The minimum absolute atomic E-state index is 0.0915. The number of nitrogens with zero attached hydrogens (tertiary/aromatic N) is 4. The largest absolute Gasteiger partial charge is 0.292 e. The van der Waals surface area contributed by atoms with Gasteiger partial charge in [-0.05, 0) is 48.6 Å². The highest BCUT2D eigenvalue weighted by molar-refractivity contribution is 6.08. The Bertz CT molecular complexity index is 1120. The van der Waals surface area contributed by atoms with E-state index in [9.17, 15) is 10.1 Å². The molecule has 1 aliphatic rings. The number of amides is 1. The van der Waals surface area contributed by atoms with E-state index >= 15 is 0 Å². The van der Waals surface area contributed by atoms with Gasteiger partial charge in [-0.25, -0.2) is 4.68 Å². The Balaban J connectivity index is 1.87. The normalized spacial score (nSPS) is 13.3. The van der Waals surface area contributed by atoms with Gasteiger partial charge in [0.05, 0.1) is 17.3 Å². The first-order chi connectivity index (χ1) is 14.0. The van der Waals surface area contributed by atoms with Crippen LogP contribution in [-0.4, -0.2) is 22.2 Å². The second kappa shape index (κ2) is 7.56. The van der Waals surface area contributed by atoms with Crippen LogP contribution in [0.2, 0.25) is 0 Å². The molecule has 0 bridgehead atoms. The zero-order chi connectivity index (χ0) is 20.5. The van der Waals surface area contributed by atoms with Gasteiger partial charge in [-0.2, -0.15) is 10.4 Å². The maximum Gasteiger partial charge on any atom is 0.259 e. The average Bonchev–Trinajstić information content (AvgIpc) is 3.08. The third-order valence-electron chi connectivity index (χ3n) is 5.44. The van der Waals surface area contributed by atoms with Crippen LogP contribution in [0.1, 0.15) is 53.4 Å². The number of nitriles is 1. The molecule has 3 aromatic rings. The standard InChI is InChI=1S/C24H24N4O/c1-16(2)20-10-4-5-11-21(20)22-17(3)26-28-13-7-12-27(23(22)28)24(29)19-9-6-8-18(14-19)15-25/h4-6,8-11,14,16H,7,12-13H2,1-3H3. The van der Waals surface area contributed by atoms with Gasteiger partial charge in [-0.1, -0.05) is 44.2 Å². The third-order valence-corrected chi connectivity index (χ3v) is 5.44. The fourth-order valence-electron chi connectivity index (χ4n) is 4.10. The molecule has 0 radical (unpaired) electrons. The number of rotatable bonds is 3. The maximum atomic E-state index is 13.4. The molecule has 1 aromatic heterocycles. The van der Waals surface area contributed by atoms with Crippen LogP contribution in [0.3, 0.4) is 0 Å². The van der Waals surface area contributed by atoms with Crippen LogP contribution in [0.5, 0.6) is 0 Å². The lowest BCUT2D eigenvalue weighted by Gasteiger charge is -2.29. The Morgan fingerprint density at radius 3 is 2.69 bits per heavy atom. The molecular formula is C24H24N4O. The van der Waals surface area contributed by atoms with Crippen molar-refractivity contribution in [1.82, 2.24) is 9.78 Å². The molecule has 146 valence electrons. The maximum absolute atomic E-state index is 13.4. The second-order valence-corrected chi connectivity index (χ2v) is 7.75. The van der Waals surface area contributed by atoms with E-state index in [4.69, 9.17) is 5.10 Å². The van der Waals surface area contributed by atoms with E-state index in [0.717, 1.165) is 35.6 Å². The van der Waals surface area contributed by atoms with Crippen LogP contribution in [0, 0.1) is 18.3 Å². The fourth-order valence-corrected chi connectivity index (χ4v) is 4.10. The fraction of sp³-hybridized carbons (Fsp3) is 0.292. The number of carbonyl (C=O) groups is 1. The Morgan fingerprint density at radius 1 is 1.14 bits per heavy atom. The van der Waals surface area contributed by atoms with Gasteiger partial charge in [0.1, 0.15) is 5.82 Å². The average molecular weight is 384 g/mol. The molecule has 0 N–H and O–H groups in total. The Hall–Kier alpha value is -3.39. The van der Waals surface area contributed by atoms with Crippen LogP contribution in [0.4, 0.5) is 5.82 Å². The van der Waals surface area contributed by atoms with Gasteiger partial charge in [0.2, 0.25) is 0 Å². The molecule has 5 nitrogen and oxygen atoms in total. The van der Waals surface area contributed by atoms with Crippen molar-refractivity contribution in [2.45, 2.75) is 39.7 Å². The van der Waals surface area contributed by atoms with Crippen molar-refractivity contribution < 1.29 is 4.79 Å². The van der Waals surface area contributed by atoms with Gasteiger partial charge in [0, 0.05) is 24.2 Å². The summed E-state index contributed by atoms with van der Waals surface area (Å²) < 4.78 is 1.96. The van der Waals surface area contributed by atoms with E-state index < -0.39 is 0 Å². The molecule has 0 fully saturated rings. The van der Waals surface area contributed by atoms with Crippen molar-refractivity contribution >= 4 is 11.7 Å². The van der Waals surface area contributed by atoms with E-state index in [-0.39, 0.29) is 5.91 Å². The van der Waals surface area contributed by atoms with Crippen molar-refractivity contribution in [3.63, 3.8) is 0 Å². The summed E-state index contributed by atoms with van der Waals surface area (Å²) in [7, 11) is 0. The van der Waals surface area contributed by atoms with Gasteiger partial charge in [0.25, 0.3) is 5.91 Å². The van der Waals surface area contributed by atoms with E-state index in [1.807, 2.05) is 22.6 Å². The highest BCUT2D eigenvalue weighted by Gasteiger charge is 2.31. The van der Waals surface area contributed by atoms with E-state index in [2.05, 4.69) is 38.1 Å². The van der Waals surface area contributed by atoms with Crippen molar-refractivity contribution in [2.24, 2.45) is 0 Å². The summed E-state index contributed by atoms with van der Waals surface area (Å²) >= 11 is 0. The van der Waals surface area contributed by atoms with Gasteiger partial charge in [-0.15, -0.1) is 0 Å². The van der Waals surface area contributed by atoms with Crippen LogP contribution in [0.25, 0.3) is 11.1 Å². The number of fused-ring (bicyclic) bond motifs is 1. The van der Waals surface area contributed by atoms with Crippen molar-refractivity contribution in [1.29, 1.82) is 5.26 Å².